The molecule has 152 valence electrons. The molecule has 0 saturated carbocycles. The largest absolute Gasteiger partial charge is 0.338 e. The molecule has 0 unspecified atom stereocenters. The zero-order chi connectivity index (χ0) is 21.3. The second-order valence-electron chi connectivity index (χ2n) is 6.32. The number of anilines is 1. The van der Waals surface area contributed by atoms with E-state index in [2.05, 4.69) is 15.5 Å². The number of hydrogen-bond acceptors (Lipinski definition) is 6. The number of aromatic nitrogens is 3. The van der Waals surface area contributed by atoms with Crippen molar-refractivity contribution in [1.82, 2.24) is 14.7 Å². The van der Waals surface area contributed by atoms with Gasteiger partial charge >= 0.3 is 0 Å². The number of para-hydroxylation sites is 1. The summed E-state index contributed by atoms with van der Waals surface area (Å²) in [5, 5.41) is 6.57. The van der Waals surface area contributed by atoms with Gasteiger partial charge in [-0.05, 0) is 31.2 Å². The number of halogens is 2. The summed E-state index contributed by atoms with van der Waals surface area (Å²) in [6, 6.07) is 11.0. The number of nitrogens with one attached hydrogen (secondary N) is 1. The molecule has 30 heavy (non-hydrogen) atoms. The summed E-state index contributed by atoms with van der Waals surface area (Å²) in [4.78, 5) is 29.7. The second-order valence-corrected chi connectivity index (χ2v) is 7.26. The fourth-order valence-corrected chi connectivity index (χ4v) is 3.62. The van der Waals surface area contributed by atoms with E-state index in [1.165, 1.54) is 0 Å². The number of nitrogens with zero attached hydrogens (tertiary/aromatic N) is 3. The van der Waals surface area contributed by atoms with E-state index in [1.807, 2.05) is 0 Å². The van der Waals surface area contributed by atoms with Gasteiger partial charge in [-0.3, -0.25) is 19.5 Å². The van der Waals surface area contributed by atoms with Gasteiger partial charge in [-0.2, -0.15) is 0 Å². The number of carbonyl (C=O) groups is 1. The molecule has 7 nitrogen and oxygen atoms in total. The van der Waals surface area contributed by atoms with Crippen LogP contribution in [0, 0.1) is 18.6 Å². The average Bonchev–Trinajstić information content (AvgIpc) is 3.12. The summed E-state index contributed by atoms with van der Waals surface area (Å²) in [5.41, 5.74) is 0.318. The quantitative estimate of drug-likeness (QED) is 0.385. The summed E-state index contributed by atoms with van der Waals surface area (Å²) in [7, 11) is 0. The lowest BCUT2D eigenvalue weighted by Gasteiger charge is -2.13. The third-order valence-corrected chi connectivity index (χ3v) is 5.06. The lowest BCUT2D eigenvalue weighted by atomic mass is 10.2. The Kier molecular flexibility index (Phi) is 5.32. The average molecular weight is 428 g/mol. The Morgan fingerprint density at radius 3 is 2.73 bits per heavy atom. The molecule has 4 aromatic rings. The van der Waals surface area contributed by atoms with Crippen molar-refractivity contribution in [1.29, 1.82) is 0 Å². The van der Waals surface area contributed by atoms with Crippen LogP contribution in [-0.2, 0) is 4.79 Å². The first-order valence-electron chi connectivity index (χ1n) is 8.75. The second kappa shape index (κ2) is 8.07. The maximum Gasteiger partial charge on any atom is 0.266 e. The molecule has 0 aliphatic carbocycles. The number of thioether (sulfide) groups is 1. The molecular weight excluding hydrogens is 414 g/mol. The van der Waals surface area contributed by atoms with E-state index in [4.69, 9.17) is 4.52 Å². The highest BCUT2D eigenvalue weighted by molar-refractivity contribution is 7.99. The van der Waals surface area contributed by atoms with E-state index in [-0.39, 0.29) is 27.9 Å². The van der Waals surface area contributed by atoms with E-state index in [1.54, 1.807) is 37.3 Å². The molecule has 0 saturated heterocycles. The third kappa shape index (κ3) is 3.94. The van der Waals surface area contributed by atoms with Crippen LogP contribution in [0.1, 0.15) is 5.69 Å². The standard InChI is InChI=1S/C20H14F2N4O3S/c1-11-8-18(29-25-11)24-17(27)10-30-20-23-15-5-3-2-4-13(15)19(28)26(20)16-7-6-12(21)9-14(16)22/h2-9H,10H2,1H3,(H,24,27). The first kappa shape index (κ1) is 19.8. The van der Waals surface area contributed by atoms with Crippen molar-refractivity contribution < 1.29 is 18.1 Å². The first-order chi connectivity index (χ1) is 14.4. The normalized spacial score (nSPS) is 11.0. The molecule has 0 bridgehead atoms. The summed E-state index contributed by atoms with van der Waals surface area (Å²) < 4.78 is 33.8. The Hall–Kier alpha value is -3.53. The number of carbonyl (C=O) groups excluding carboxylic acids is 1. The first-order valence-corrected chi connectivity index (χ1v) is 9.74. The van der Waals surface area contributed by atoms with Crippen LogP contribution in [0.3, 0.4) is 0 Å². The topological polar surface area (TPSA) is 90.0 Å². The minimum absolute atomic E-state index is 0.0908. The van der Waals surface area contributed by atoms with Crippen molar-refractivity contribution in [2.45, 2.75) is 12.1 Å². The Morgan fingerprint density at radius 2 is 2.00 bits per heavy atom. The van der Waals surface area contributed by atoms with Gasteiger partial charge in [0.1, 0.15) is 11.6 Å². The van der Waals surface area contributed by atoms with Gasteiger partial charge in [0, 0.05) is 12.1 Å². The molecular formula is C20H14F2N4O3S. The summed E-state index contributed by atoms with van der Waals surface area (Å²) in [5.74, 6) is -2.06. The molecule has 0 aliphatic rings. The smallest absolute Gasteiger partial charge is 0.266 e. The van der Waals surface area contributed by atoms with E-state index in [0.717, 1.165) is 28.5 Å². The van der Waals surface area contributed by atoms with Gasteiger partial charge in [0.15, 0.2) is 5.16 Å². The van der Waals surface area contributed by atoms with E-state index in [0.29, 0.717) is 17.3 Å². The van der Waals surface area contributed by atoms with Crippen LogP contribution >= 0.6 is 11.8 Å². The van der Waals surface area contributed by atoms with Gasteiger partial charge in [0.05, 0.1) is 28.0 Å². The third-order valence-electron chi connectivity index (χ3n) is 4.12. The number of rotatable bonds is 5. The minimum Gasteiger partial charge on any atom is -0.338 e. The molecule has 10 heteroatoms. The zero-order valence-electron chi connectivity index (χ0n) is 15.6. The lowest BCUT2D eigenvalue weighted by molar-refractivity contribution is -0.113. The molecule has 2 heterocycles. The van der Waals surface area contributed by atoms with Crippen LogP contribution in [0.5, 0.6) is 0 Å². The number of amides is 1. The minimum atomic E-state index is -0.919. The molecule has 2 aromatic carbocycles. The Labute approximate surface area is 172 Å². The van der Waals surface area contributed by atoms with Crippen molar-refractivity contribution >= 4 is 34.5 Å². The summed E-state index contributed by atoms with van der Waals surface area (Å²) in [6.45, 7) is 1.71. The van der Waals surface area contributed by atoms with Gasteiger partial charge in [0.2, 0.25) is 11.8 Å². The van der Waals surface area contributed by atoms with E-state index >= 15 is 0 Å². The fourth-order valence-electron chi connectivity index (χ4n) is 2.81. The molecule has 0 aliphatic heterocycles. The van der Waals surface area contributed by atoms with Crippen LogP contribution in [0.25, 0.3) is 16.6 Å². The fraction of sp³-hybridized carbons (Fsp3) is 0.100. The predicted molar refractivity (Wildman–Crippen MR) is 108 cm³/mol. The maximum absolute atomic E-state index is 14.4. The van der Waals surface area contributed by atoms with Gasteiger partial charge in [0.25, 0.3) is 5.56 Å². The van der Waals surface area contributed by atoms with Crippen LogP contribution in [0.15, 0.2) is 63.0 Å². The Bertz CT molecular complexity index is 1320. The lowest BCUT2D eigenvalue weighted by Crippen LogP contribution is -2.23. The van der Waals surface area contributed by atoms with Crippen molar-refractivity contribution in [3.05, 3.63) is 76.2 Å². The van der Waals surface area contributed by atoms with Crippen LogP contribution in [0.4, 0.5) is 14.7 Å². The summed E-state index contributed by atoms with van der Waals surface area (Å²) >= 11 is 0.935. The molecule has 4 rings (SSSR count). The molecule has 0 spiro atoms. The number of fused-ring (bicyclic) bond motifs is 1. The highest BCUT2D eigenvalue weighted by Gasteiger charge is 2.18. The highest BCUT2D eigenvalue weighted by atomic mass is 32.2. The number of benzene rings is 2. The Balaban J connectivity index is 1.72. The molecule has 2 aromatic heterocycles. The maximum atomic E-state index is 14.4. The zero-order valence-corrected chi connectivity index (χ0v) is 16.4. The molecule has 0 fully saturated rings. The Morgan fingerprint density at radius 1 is 1.20 bits per heavy atom. The van der Waals surface area contributed by atoms with Gasteiger partial charge in [-0.15, -0.1) is 0 Å². The molecule has 0 atom stereocenters. The highest BCUT2D eigenvalue weighted by Crippen LogP contribution is 2.23. The van der Waals surface area contributed by atoms with Crippen molar-refractivity contribution in [2.24, 2.45) is 0 Å². The van der Waals surface area contributed by atoms with Crippen molar-refractivity contribution in [2.75, 3.05) is 11.1 Å². The van der Waals surface area contributed by atoms with Gasteiger partial charge < -0.3 is 4.52 Å². The number of hydrogen-bond donors (Lipinski definition) is 1. The van der Waals surface area contributed by atoms with Crippen LogP contribution in [0.2, 0.25) is 0 Å². The molecule has 0 radical (unpaired) electrons. The summed E-state index contributed by atoms with van der Waals surface area (Å²) in [6.07, 6.45) is 0. The molecule has 1 amide bonds. The molecule has 1 N–H and O–H groups in total. The van der Waals surface area contributed by atoms with Gasteiger partial charge in [-0.25, -0.2) is 13.8 Å². The van der Waals surface area contributed by atoms with Crippen molar-refractivity contribution in [3.8, 4) is 5.69 Å². The van der Waals surface area contributed by atoms with E-state index in [9.17, 15) is 18.4 Å². The van der Waals surface area contributed by atoms with Crippen LogP contribution < -0.4 is 10.9 Å². The predicted octanol–water partition coefficient (Wildman–Crippen LogP) is 3.69. The van der Waals surface area contributed by atoms with E-state index < -0.39 is 23.1 Å². The van der Waals surface area contributed by atoms with Gasteiger partial charge in [-0.1, -0.05) is 29.1 Å². The van der Waals surface area contributed by atoms with Crippen molar-refractivity contribution in [3.63, 3.8) is 0 Å². The monoisotopic (exact) mass is 428 g/mol. The van der Waals surface area contributed by atoms with Crippen LogP contribution in [-0.4, -0.2) is 26.4 Å². The SMILES string of the molecule is Cc1cc(NC(=O)CSc2nc3ccccc3c(=O)n2-c2ccc(F)cc2F)on1. The number of aryl methyl sites for hydroxylation is 1.